The second-order valence-corrected chi connectivity index (χ2v) is 6.38. The van der Waals surface area contributed by atoms with Crippen molar-refractivity contribution in [2.24, 2.45) is 0 Å². The Balaban J connectivity index is 1.47. The minimum Gasteiger partial charge on any atom is -0.378 e. The van der Waals surface area contributed by atoms with E-state index in [0.717, 1.165) is 37.6 Å². The Bertz CT molecular complexity index is 1020. The van der Waals surface area contributed by atoms with Crippen molar-refractivity contribution in [3.05, 3.63) is 70.3 Å². The van der Waals surface area contributed by atoms with Crippen LogP contribution in [0.4, 0.5) is 5.69 Å². The number of aromatic amines is 1. The fourth-order valence-corrected chi connectivity index (χ4v) is 3.14. The van der Waals surface area contributed by atoms with Crippen molar-refractivity contribution in [2.75, 3.05) is 31.2 Å². The van der Waals surface area contributed by atoms with Gasteiger partial charge >= 0.3 is 0 Å². The van der Waals surface area contributed by atoms with Gasteiger partial charge in [0.2, 0.25) is 0 Å². The molecule has 1 aliphatic rings. The predicted molar refractivity (Wildman–Crippen MR) is 103 cm³/mol. The van der Waals surface area contributed by atoms with E-state index >= 15 is 0 Å². The first-order valence-electron chi connectivity index (χ1n) is 8.89. The van der Waals surface area contributed by atoms with E-state index in [-0.39, 0.29) is 11.4 Å². The first kappa shape index (κ1) is 17.2. The molecule has 0 spiro atoms. The maximum absolute atomic E-state index is 12.4. The molecular formula is C20H20N4O3. The molecule has 2 aromatic carbocycles. The summed E-state index contributed by atoms with van der Waals surface area (Å²) in [7, 11) is 0. The number of anilines is 1. The van der Waals surface area contributed by atoms with Crippen LogP contribution in [0.2, 0.25) is 0 Å². The molecule has 0 bridgehead atoms. The molecule has 0 aliphatic carbocycles. The molecule has 0 saturated carbocycles. The molecule has 27 heavy (non-hydrogen) atoms. The van der Waals surface area contributed by atoms with Gasteiger partial charge in [-0.3, -0.25) is 9.59 Å². The van der Waals surface area contributed by atoms with Crippen molar-refractivity contribution in [1.29, 1.82) is 0 Å². The monoisotopic (exact) mass is 364 g/mol. The molecule has 138 valence electrons. The Morgan fingerprint density at radius 1 is 1.15 bits per heavy atom. The number of amides is 1. The maximum atomic E-state index is 12.4. The molecule has 1 fully saturated rings. The molecule has 4 rings (SSSR count). The molecule has 1 aliphatic heterocycles. The molecule has 7 heteroatoms. The number of rotatable bonds is 4. The average molecular weight is 364 g/mol. The molecule has 2 heterocycles. The van der Waals surface area contributed by atoms with E-state index in [4.69, 9.17) is 4.74 Å². The zero-order chi connectivity index (χ0) is 18.6. The van der Waals surface area contributed by atoms with Crippen LogP contribution in [0.25, 0.3) is 10.9 Å². The number of benzene rings is 2. The largest absolute Gasteiger partial charge is 0.378 e. The van der Waals surface area contributed by atoms with Crippen molar-refractivity contribution in [3.63, 3.8) is 0 Å². The Morgan fingerprint density at radius 2 is 1.96 bits per heavy atom. The Morgan fingerprint density at radius 3 is 2.81 bits per heavy atom. The first-order chi connectivity index (χ1) is 13.2. The predicted octanol–water partition coefficient (Wildman–Crippen LogP) is 1.69. The van der Waals surface area contributed by atoms with Gasteiger partial charge < -0.3 is 19.9 Å². The second kappa shape index (κ2) is 7.59. The molecular weight excluding hydrogens is 344 g/mol. The van der Waals surface area contributed by atoms with Gasteiger partial charge in [-0.1, -0.05) is 24.3 Å². The zero-order valence-corrected chi connectivity index (χ0v) is 14.8. The molecule has 1 aromatic heterocycles. The van der Waals surface area contributed by atoms with Gasteiger partial charge in [0.15, 0.2) is 5.82 Å². The number of morpholine rings is 1. The quantitative estimate of drug-likeness (QED) is 0.736. The molecule has 0 unspecified atom stereocenters. The van der Waals surface area contributed by atoms with E-state index in [0.29, 0.717) is 17.4 Å². The molecule has 3 aromatic rings. The van der Waals surface area contributed by atoms with Crippen LogP contribution in [0, 0.1) is 0 Å². The molecule has 7 nitrogen and oxygen atoms in total. The fraction of sp³-hybridized carbons (Fsp3) is 0.250. The van der Waals surface area contributed by atoms with E-state index in [1.54, 1.807) is 24.3 Å². The van der Waals surface area contributed by atoms with Crippen LogP contribution < -0.4 is 15.8 Å². The van der Waals surface area contributed by atoms with Crippen molar-refractivity contribution in [3.8, 4) is 0 Å². The molecule has 0 atom stereocenters. The molecule has 0 radical (unpaired) electrons. The van der Waals surface area contributed by atoms with Crippen LogP contribution in [-0.2, 0) is 11.3 Å². The third kappa shape index (κ3) is 3.83. The summed E-state index contributed by atoms with van der Waals surface area (Å²) in [4.78, 5) is 33.6. The van der Waals surface area contributed by atoms with Gasteiger partial charge in [0.1, 0.15) is 0 Å². The summed E-state index contributed by atoms with van der Waals surface area (Å²) in [5.41, 5.74) is 2.28. The van der Waals surface area contributed by atoms with Gasteiger partial charge in [-0.15, -0.1) is 0 Å². The number of ether oxygens (including phenoxy) is 1. The lowest BCUT2D eigenvalue weighted by atomic mass is 10.1. The number of carbonyl (C=O) groups excluding carboxylic acids is 1. The highest BCUT2D eigenvalue weighted by Crippen LogP contribution is 2.17. The van der Waals surface area contributed by atoms with Crippen molar-refractivity contribution < 1.29 is 9.53 Å². The summed E-state index contributed by atoms with van der Waals surface area (Å²) in [5, 5.41) is 3.29. The van der Waals surface area contributed by atoms with Crippen LogP contribution in [0.15, 0.2) is 53.3 Å². The smallest absolute Gasteiger partial charge is 0.287 e. The normalized spacial score (nSPS) is 14.3. The van der Waals surface area contributed by atoms with E-state index in [1.807, 2.05) is 12.1 Å². The SMILES string of the molecule is O=C(NCc1cccc(N2CCOCC2)c1)c1nc2ccccc2c(=O)[nH]1. The number of hydrogen-bond acceptors (Lipinski definition) is 5. The molecule has 1 amide bonds. The maximum Gasteiger partial charge on any atom is 0.287 e. The molecule has 1 saturated heterocycles. The Labute approximate surface area is 156 Å². The van der Waals surface area contributed by atoms with E-state index in [2.05, 4.69) is 32.3 Å². The highest BCUT2D eigenvalue weighted by molar-refractivity contribution is 5.92. The Hall–Kier alpha value is -3.19. The second-order valence-electron chi connectivity index (χ2n) is 6.38. The third-order valence-electron chi connectivity index (χ3n) is 4.57. The van der Waals surface area contributed by atoms with E-state index in [1.165, 1.54) is 0 Å². The summed E-state index contributed by atoms with van der Waals surface area (Å²) < 4.78 is 5.38. The minimum absolute atomic E-state index is 0.0167. The zero-order valence-electron chi connectivity index (χ0n) is 14.8. The van der Waals surface area contributed by atoms with Crippen LogP contribution in [-0.4, -0.2) is 42.2 Å². The summed E-state index contributed by atoms with van der Waals surface area (Å²) in [6, 6.07) is 15.0. The lowest BCUT2D eigenvalue weighted by Crippen LogP contribution is -2.36. The van der Waals surface area contributed by atoms with Crippen molar-refractivity contribution >= 4 is 22.5 Å². The number of carbonyl (C=O) groups is 1. The number of fused-ring (bicyclic) bond motifs is 1. The standard InChI is InChI=1S/C20H20N4O3/c25-19-16-6-1-2-7-17(16)22-18(23-19)20(26)21-13-14-4-3-5-15(12-14)24-8-10-27-11-9-24/h1-7,12H,8-11,13H2,(H,21,26)(H,22,23,25). The van der Waals surface area contributed by atoms with Gasteiger partial charge in [0.25, 0.3) is 11.5 Å². The van der Waals surface area contributed by atoms with Gasteiger partial charge in [0.05, 0.1) is 24.1 Å². The average Bonchev–Trinajstić information content (AvgIpc) is 2.73. The van der Waals surface area contributed by atoms with E-state index in [9.17, 15) is 9.59 Å². The minimum atomic E-state index is -0.408. The fourth-order valence-electron chi connectivity index (χ4n) is 3.14. The van der Waals surface area contributed by atoms with Crippen molar-refractivity contribution in [1.82, 2.24) is 15.3 Å². The summed E-state index contributed by atoms with van der Waals surface area (Å²) in [6.07, 6.45) is 0. The Kier molecular flexibility index (Phi) is 4.84. The third-order valence-corrected chi connectivity index (χ3v) is 4.57. The number of H-pyrrole nitrogens is 1. The topological polar surface area (TPSA) is 87.3 Å². The van der Waals surface area contributed by atoms with Gasteiger partial charge in [-0.25, -0.2) is 4.98 Å². The number of nitrogens with zero attached hydrogens (tertiary/aromatic N) is 2. The van der Waals surface area contributed by atoms with Gasteiger partial charge in [-0.2, -0.15) is 0 Å². The van der Waals surface area contributed by atoms with Gasteiger partial charge in [0, 0.05) is 25.3 Å². The lowest BCUT2D eigenvalue weighted by Gasteiger charge is -2.29. The van der Waals surface area contributed by atoms with Crippen LogP contribution in [0.3, 0.4) is 0 Å². The number of hydrogen-bond donors (Lipinski definition) is 2. The van der Waals surface area contributed by atoms with Gasteiger partial charge in [-0.05, 0) is 29.8 Å². The number of aromatic nitrogens is 2. The molecule has 2 N–H and O–H groups in total. The lowest BCUT2D eigenvalue weighted by molar-refractivity contribution is 0.0940. The van der Waals surface area contributed by atoms with Crippen LogP contribution in [0.1, 0.15) is 16.2 Å². The summed E-state index contributed by atoms with van der Waals surface area (Å²) in [5.74, 6) is -0.391. The number of para-hydroxylation sites is 1. The van der Waals surface area contributed by atoms with Crippen LogP contribution >= 0.6 is 0 Å². The highest BCUT2D eigenvalue weighted by atomic mass is 16.5. The van der Waals surface area contributed by atoms with E-state index < -0.39 is 5.91 Å². The van der Waals surface area contributed by atoms with Crippen LogP contribution in [0.5, 0.6) is 0 Å². The summed E-state index contributed by atoms with van der Waals surface area (Å²) >= 11 is 0. The highest BCUT2D eigenvalue weighted by Gasteiger charge is 2.13. The number of nitrogens with one attached hydrogen (secondary N) is 2. The van der Waals surface area contributed by atoms with Crippen molar-refractivity contribution in [2.45, 2.75) is 6.54 Å². The first-order valence-corrected chi connectivity index (χ1v) is 8.89. The summed E-state index contributed by atoms with van der Waals surface area (Å²) in [6.45, 7) is 3.52.